The molecular formula is C19H19F3N6O2S. The smallest absolute Gasteiger partial charge is 0.434 e. The minimum Gasteiger partial charge on any atom is -0.480 e. The number of carbonyl (C=O) groups is 1. The fourth-order valence-electron chi connectivity index (χ4n) is 3.51. The number of alkyl halides is 3. The molecule has 1 aliphatic carbocycles. The fraction of sp³-hybridized carbons (Fsp3) is 0.421. The number of nitrogens with one attached hydrogen (secondary N) is 1. The molecule has 31 heavy (non-hydrogen) atoms. The summed E-state index contributed by atoms with van der Waals surface area (Å²) in [6, 6.07) is 2.63. The largest absolute Gasteiger partial charge is 0.480 e. The molecule has 1 N–H and O–H groups in total. The number of nitrogens with zero attached hydrogens (tertiary/aromatic N) is 5. The number of rotatable bonds is 5. The maximum Gasteiger partial charge on any atom is 0.434 e. The summed E-state index contributed by atoms with van der Waals surface area (Å²) in [5.74, 6) is -0.418. The van der Waals surface area contributed by atoms with E-state index < -0.39 is 23.3 Å². The van der Waals surface area contributed by atoms with Crippen LogP contribution in [-0.4, -0.2) is 38.0 Å². The van der Waals surface area contributed by atoms with Crippen molar-refractivity contribution >= 4 is 22.4 Å². The van der Waals surface area contributed by atoms with E-state index in [4.69, 9.17) is 4.74 Å². The molecule has 0 spiro atoms. The van der Waals surface area contributed by atoms with Crippen LogP contribution in [-0.2, 0) is 19.0 Å². The molecule has 0 aromatic carbocycles. The van der Waals surface area contributed by atoms with Crippen LogP contribution < -0.4 is 10.1 Å². The van der Waals surface area contributed by atoms with Crippen LogP contribution in [0.3, 0.4) is 0 Å². The molecule has 8 nitrogen and oxygen atoms in total. The third-order valence-electron chi connectivity index (χ3n) is 5.17. The van der Waals surface area contributed by atoms with Crippen molar-refractivity contribution < 1.29 is 22.7 Å². The van der Waals surface area contributed by atoms with E-state index in [2.05, 4.69) is 32.5 Å². The van der Waals surface area contributed by atoms with Gasteiger partial charge in [0, 0.05) is 10.9 Å². The van der Waals surface area contributed by atoms with Crippen LogP contribution in [0.25, 0.3) is 5.82 Å². The Morgan fingerprint density at radius 2 is 2.16 bits per heavy atom. The number of anilines is 1. The zero-order chi connectivity index (χ0) is 22.2. The van der Waals surface area contributed by atoms with Crippen LogP contribution in [0.5, 0.6) is 5.88 Å². The van der Waals surface area contributed by atoms with E-state index in [-0.39, 0.29) is 16.8 Å². The van der Waals surface area contributed by atoms with Gasteiger partial charge in [-0.1, -0.05) is 13.3 Å². The Bertz CT molecular complexity index is 1090. The van der Waals surface area contributed by atoms with Gasteiger partial charge in [0.2, 0.25) is 5.88 Å². The Labute approximate surface area is 179 Å². The van der Waals surface area contributed by atoms with Crippen molar-refractivity contribution in [2.45, 2.75) is 38.8 Å². The highest BCUT2D eigenvalue weighted by Gasteiger charge is 2.41. The van der Waals surface area contributed by atoms with Gasteiger partial charge in [-0.25, -0.2) is 9.67 Å². The molecule has 0 saturated heterocycles. The lowest BCUT2D eigenvalue weighted by atomic mass is 9.89. The van der Waals surface area contributed by atoms with Crippen molar-refractivity contribution in [3.63, 3.8) is 0 Å². The van der Waals surface area contributed by atoms with Crippen LogP contribution in [0.4, 0.5) is 18.3 Å². The van der Waals surface area contributed by atoms with Gasteiger partial charge in [0.15, 0.2) is 16.6 Å². The first-order valence-corrected chi connectivity index (χ1v) is 10.4. The molecule has 3 aromatic rings. The molecule has 1 amide bonds. The summed E-state index contributed by atoms with van der Waals surface area (Å²) in [6.45, 7) is 2.13. The maximum atomic E-state index is 13.8. The number of amides is 1. The summed E-state index contributed by atoms with van der Waals surface area (Å²) >= 11 is 1.31. The normalized spacial score (nSPS) is 16.1. The molecule has 0 saturated carbocycles. The average molecular weight is 452 g/mol. The summed E-state index contributed by atoms with van der Waals surface area (Å²) in [6.07, 6.45) is -0.217. The van der Waals surface area contributed by atoms with Crippen molar-refractivity contribution in [2.24, 2.45) is 5.92 Å². The molecule has 0 aliphatic heterocycles. The van der Waals surface area contributed by atoms with E-state index in [0.29, 0.717) is 10.6 Å². The quantitative estimate of drug-likeness (QED) is 0.631. The summed E-state index contributed by atoms with van der Waals surface area (Å²) in [4.78, 5) is 18.2. The van der Waals surface area contributed by atoms with Crippen molar-refractivity contribution in [2.75, 3.05) is 12.4 Å². The van der Waals surface area contributed by atoms with Gasteiger partial charge in [0.25, 0.3) is 5.91 Å². The second-order valence-electron chi connectivity index (χ2n) is 7.11. The number of fused-ring (bicyclic) bond motifs is 1. The van der Waals surface area contributed by atoms with E-state index in [9.17, 15) is 18.0 Å². The van der Waals surface area contributed by atoms with Crippen LogP contribution in [0.15, 0.2) is 18.3 Å². The Kier molecular flexibility index (Phi) is 5.65. The number of carbonyl (C=O) groups excluding carboxylic acids is 1. The number of aromatic nitrogens is 5. The number of methoxy groups -OCH3 is 1. The number of thiazole rings is 1. The second-order valence-corrected chi connectivity index (χ2v) is 8.19. The summed E-state index contributed by atoms with van der Waals surface area (Å²) in [5.41, 5.74) is -0.952. The number of hydrogen-bond donors (Lipinski definition) is 1. The third kappa shape index (κ3) is 4.24. The maximum absolute atomic E-state index is 13.8. The average Bonchev–Trinajstić information content (AvgIpc) is 3.37. The summed E-state index contributed by atoms with van der Waals surface area (Å²) in [5, 5.41) is 13.9. The minimum absolute atomic E-state index is 0.139. The molecule has 0 fully saturated rings. The van der Waals surface area contributed by atoms with Gasteiger partial charge in [-0.15, -0.1) is 21.5 Å². The molecule has 4 rings (SSSR count). The SMILES string of the molecule is CCC1CCc2nc(NC(=O)c3cnn(-c4ccc(OC)nn4)c3C(F)(F)F)sc2C1. The van der Waals surface area contributed by atoms with Crippen LogP contribution in [0, 0.1) is 5.92 Å². The number of halogens is 3. The predicted molar refractivity (Wildman–Crippen MR) is 107 cm³/mol. The minimum atomic E-state index is -4.85. The van der Waals surface area contributed by atoms with Crippen molar-refractivity contribution in [3.05, 3.63) is 40.2 Å². The molecule has 3 aromatic heterocycles. The van der Waals surface area contributed by atoms with Gasteiger partial charge in [0.05, 0.1) is 24.6 Å². The molecule has 3 heterocycles. The molecule has 0 radical (unpaired) electrons. The third-order valence-corrected chi connectivity index (χ3v) is 6.21. The van der Waals surface area contributed by atoms with E-state index in [1.165, 1.54) is 30.6 Å². The molecule has 1 unspecified atom stereocenters. The zero-order valence-electron chi connectivity index (χ0n) is 16.7. The highest BCUT2D eigenvalue weighted by molar-refractivity contribution is 7.15. The standard InChI is InChI=1S/C19H19F3N6O2S/c1-3-10-4-5-12-13(8-10)31-18(24-12)25-17(29)11-9-23-28(16(11)19(20,21)22)14-6-7-15(30-2)27-26-14/h6-7,9-10H,3-5,8H2,1-2H3,(H,24,25,29). The van der Waals surface area contributed by atoms with Gasteiger partial charge in [-0.3, -0.25) is 10.1 Å². The van der Waals surface area contributed by atoms with Gasteiger partial charge in [0.1, 0.15) is 0 Å². The van der Waals surface area contributed by atoms with E-state index in [1.807, 2.05) is 0 Å². The molecule has 1 aliphatic rings. The molecule has 1 atom stereocenters. The number of hydrogen-bond acceptors (Lipinski definition) is 7. The fourth-order valence-corrected chi connectivity index (χ4v) is 4.62. The van der Waals surface area contributed by atoms with Crippen LogP contribution in [0.1, 0.15) is 46.4 Å². The lowest BCUT2D eigenvalue weighted by Crippen LogP contribution is -2.21. The van der Waals surface area contributed by atoms with Crippen LogP contribution in [0.2, 0.25) is 0 Å². The lowest BCUT2D eigenvalue weighted by Gasteiger charge is -2.18. The van der Waals surface area contributed by atoms with Crippen molar-refractivity contribution in [3.8, 4) is 11.7 Å². The molecule has 164 valence electrons. The highest BCUT2D eigenvalue weighted by atomic mass is 32.1. The molecule has 0 bridgehead atoms. The van der Waals surface area contributed by atoms with Gasteiger partial charge in [-0.2, -0.15) is 18.3 Å². The summed E-state index contributed by atoms with van der Waals surface area (Å²) < 4.78 is 46.8. The monoisotopic (exact) mass is 452 g/mol. The molecular weight excluding hydrogens is 433 g/mol. The van der Waals surface area contributed by atoms with E-state index in [0.717, 1.165) is 42.5 Å². The Morgan fingerprint density at radius 1 is 1.35 bits per heavy atom. The Hall–Kier alpha value is -3.02. The zero-order valence-corrected chi connectivity index (χ0v) is 17.5. The first-order chi connectivity index (χ1) is 14.8. The Morgan fingerprint density at radius 3 is 2.81 bits per heavy atom. The molecule has 12 heteroatoms. The Balaban J connectivity index is 1.63. The van der Waals surface area contributed by atoms with Crippen LogP contribution >= 0.6 is 11.3 Å². The van der Waals surface area contributed by atoms with Gasteiger partial charge < -0.3 is 4.74 Å². The first kappa shape index (κ1) is 21.2. The summed E-state index contributed by atoms with van der Waals surface area (Å²) in [7, 11) is 1.36. The first-order valence-electron chi connectivity index (χ1n) is 9.63. The van der Waals surface area contributed by atoms with E-state index in [1.54, 1.807) is 0 Å². The van der Waals surface area contributed by atoms with Crippen molar-refractivity contribution in [1.82, 2.24) is 25.0 Å². The predicted octanol–water partition coefficient (Wildman–Crippen LogP) is 3.91. The van der Waals surface area contributed by atoms with Gasteiger partial charge in [-0.05, 0) is 31.2 Å². The van der Waals surface area contributed by atoms with Gasteiger partial charge >= 0.3 is 6.18 Å². The number of aryl methyl sites for hydroxylation is 1. The second kappa shape index (κ2) is 8.25. The number of ether oxygens (including phenoxy) is 1. The van der Waals surface area contributed by atoms with E-state index >= 15 is 0 Å². The lowest BCUT2D eigenvalue weighted by molar-refractivity contribution is -0.143. The highest BCUT2D eigenvalue weighted by Crippen LogP contribution is 2.36. The van der Waals surface area contributed by atoms with Crippen molar-refractivity contribution in [1.29, 1.82) is 0 Å². The topological polar surface area (TPSA) is 94.8 Å².